The van der Waals surface area contributed by atoms with E-state index in [0.717, 1.165) is 29.8 Å². The number of methoxy groups -OCH3 is 1. The summed E-state index contributed by atoms with van der Waals surface area (Å²) in [4.78, 5) is 30.1. The van der Waals surface area contributed by atoms with E-state index in [4.69, 9.17) is 35.0 Å². The van der Waals surface area contributed by atoms with E-state index >= 15 is 0 Å². The summed E-state index contributed by atoms with van der Waals surface area (Å²) >= 11 is 0. The number of hydrogen-bond donors (Lipinski definition) is 4. The summed E-state index contributed by atoms with van der Waals surface area (Å²) in [6.07, 6.45) is 1.95. The molecule has 152 valence electrons. The lowest BCUT2D eigenvalue weighted by Gasteiger charge is -2.06. The van der Waals surface area contributed by atoms with Crippen molar-refractivity contribution >= 4 is 23.7 Å². The molecule has 0 atom stereocenters. The van der Waals surface area contributed by atoms with E-state index in [-0.39, 0.29) is 12.4 Å². The van der Waals surface area contributed by atoms with Gasteiger partial charge in [0.15, 0.2) is 0 Å². The Kier molecular flexibility index (Phi) is 9.01. The van der Waals surface area contributed by atoms with Crippen LogP contribution in [0.3, 0.4) is 0 Å². The first kappa shape index (κ1) is 22.5. The fourth-order valence-corrected chi connectivity index (χ4v) is 2.08. The Balaban J connectivity index is 0.000000568. The number of nitrogen functional groups attached to an aromatic ring is 1. The van der Waals surface area contributed by atoms with Crippen LogP contribution >= 0.6 is 0 Å². The minimum atomic E-state index is -1.82. The molecule has 0 amide bonds. The second kappa shape index (κ2) is 11.2. The number of carbonyl (C=O) groups excluding carboxylic acids is 1. The lowest BCUT2D eigenvalue weighted by Crippen LogP contribution is -2.10. The molecule has 0 spiro atoms. The molecule has 1 aromatic heterocycles. The molecular weight excluding hydrogens is 370 g/mol. The number of unbranched alkanes of at least 4 members (excludes halogenated alkanes) is 1. The predicted molar refractivity (Wildman–Crippen MR) is 99.8 cm³/mol. The molecular formula is C18H23N3O7. The summed E-state index contributed by atoms with van der Waals surface area (Å²) in [6.45, 7) is 2.48. The number of nitrogens with two attached hydrogens (primary N) is 1. The summed E-state index contributed by atoms with van der Waals surface area (Å²) in [5.41, 5.74) is 8.14. The lowest BCUT2D eigenvalue weighted by molar-refractivity contribution is -0.159. The fourth-order valence-electron chi connectivity index (χ4n) is 2.08. The number of benzene rings is 1. The molecule has 10 heteroatoms. The molecule has 0 aliphatic carbocycles. The number of carbonyl (C=O) groups is 3. The maximum absolute atomic E-state index is 11.9. The smallest absolute Gasteiger partial charge is 0.414 e. The van der Waals surface area contributed by atoms with E-state index in [1.165, 1.54) is 0 Å². The number of aromatic amines is 1. The van der Waals surface area contributed by atoms with Crippen molar-refractivity contribution in [1.82, 2.24) is 10.2 Å². The van der Waals surface area contributed by atoms with Crippen molar-refractivity contribution in [3.63, 3.8) is 0 Å². The average molecular weight is 393 g/mol. The van der Waals surface area contributed by atoms with Crippen molar-refractivity contribution in [3.05, 3.63) is 29.8 Å². The number of nitrogens with zero attached hydrogens (tertiary/aromatic N) is 1. The van der Waals surface area contributed by atoms with Gasteiger partial charge in [-0.3, -0.25) is 9.89 Å². The zero-order valence-electron chi connectivity index (χ0n) is 15.6. The highest BCUT2D eigenvalue weighted by atomic mass is 16.5. The van der Waals surface area contributed by atoms with Crippen molar-refractivity contribution in [2.45, 2.75) is 26.2 Å². The van der Waals surface area contributed by atoms with Gasteiger partial charge in [-0.2, -0.15) is 5.10 Å². The number of anilines is 1. The third kappa shape index (κ3) is 6.98. The number of carboxylic acids is 2. The van der Waals surface area contributed by atoms with Crippen molar-refractivity contribution in [2.24, 2.45) is 0 Å². The maximum atomic E-state index is 11.9. The van der Waals surface area contributed by atoms with Crippen LogP contribution in [0.2, 0.25) is 0 Å². The number of hydrogen-bond acceptors (Lipinski definition) is 7. The van der Waals surface area contributed by atoms with Gasteiger partial charge in [0.1, 0.15) is 11.6 Å². The van der Waals surface area contributed by atoms with E-state index in [1.54, 1.807) is 7.11 Å². The molecule has 28 heavy (non-hydrogen) atoms. The van der Waals surface area contributed by atoms with Crippen LogP contribution in [0, 0.1) is 0 Å². The SMILES string of the molecule is CCCCOC(=O)Cc1c(N)n[nH]c1-c1ccc(OC)cc1.O=C(O)C(=O)O. The first-order valence-electron chi connectivity index (χ1n) is 8.39. The summed E-state index contributed by atoms with van der Waals surface area (Å²) in [5, 5.41) is 21.7. The average Bonchev–Trinajstić information content (AvgIpc) is 3.03. The van der Waals surface area contributed by atoms with Gasteiger partial charge in [0, 0.05) is 11.1 Å². The molecule has 0 unspecified atom stereocenters. The zero-order chi connectivity index (χ0) is 21.1. The number of nitrogens with one attached hydrogen (secondary N) is 1. The topological polar surface area (TPSA) is 165 Å². The monoisotopic (exact) mass is 393 g/mol. The van der Waals surface area contributed by atoms with Crippen molar-refractivity contribution in [1.29, 1.82) is 0 Å². The molecule has 0 saturated carbocycles. The van der Waals surface area contributed by atoms with Crippen molar-refractivity contribution < 1.29 is 34.1 Å². The van der Waals surface area contributed by atoms with Gasteiger partial charge in [0.05, 0.1) is 25.8 Å². The van der Waals surface area contributed by atoms with Crippen LogP contribution in [0.5, 0.6) is 5.75 Å². The minimum Gasteiger partial charge on any atom is -0.497 e. The highest BCUT2D eigenvalue weighted by Gasteiger charge is 2.17. The van der Waals surface area contributed by atoms with E-state index in [0.29, 0.717) is 18.0 Å². The highest BCUT2D eigenvalue weighted by molar-refractivity contribution is 6.27. The van der Waals surface area contributed by atoms with Gasteiger partial charge in [-0.05, 0) is 30.7 Å². The molecule has 0 bridgehead atoms. The molecule has 2 aromatic rings. The van der Waals surface area contributed by atoms with E-state index < -0.39 is 11.9 Å². The number of aromatic nitrogens is 2. The Hall–Kier alpha value is -3.56. The Morgan fingerprint density at radius 2 is 1.75 bits per heavy atom. The van der Waals surface area contributed by atoms with Gasteiger partial charge >= 0.3 is 17.9 Å². The summed E-state index contributed by atoms with van der Waals surface area (Å²) in [5.74, 6) is -2.86. The predicted octanol–water partition coefficient (Wildman–Crippen LogP) is 1.71. The molecule has 1 heterocycles. The molecule has 0 radical (unpaired) electrons. The number of H-pyrrole nitrogens is 1. The van der Waals surface area contributed by atoms with Crippen LogP contribution in [0.15, 0.2) is 24.3 Å². The van der Waals surface area contributed by atoms with Crippen LogP contribution in [-0.4, -0.2) is 52.0 Å². The first-order valence-corrected chi connectivity index (χ1v) is 8.39. The fraction of sp³-hybridized carbons (Fsp3) is 0.333. The number of ether oxygens (including phenoxy) is 2. The Bertz CT molecular complexity index is 788. The molecule has 0 aliphatic heterocycles. The lowest BCUT2D eigenvalue weighted by atomic mass is 10.1. The van der Waals surface area contributed by atoms with Gasteiger partial charge in [-0.1, -0.05) is 13.3 Å². The maximum Gasteiger partial charge on any atom is 0.414 e. The second-order valence-corrected chi connectivity index (χ2v) is 5.55. The highest BCUT2D eigenvalue weighted by Crippen LogP contribution is 2.27. The number of esters is 1. The quantitative estimate of drug-likeness (QED) is 0.311. The third-order valence-corrected chi connectivity index (χ3v) is 3.54. The summed E-state index contributed by atoms with van der Waals surface area (Å²) < 4.78 is 10.3. The molecule has 10 nitrogen and oxygen atoms in total. The van der Waals surface area contributed by atoms with Crippen molar-refractivity contribution in [2.75, 3.05) is 19.5 Å². The molecule has 0 fully saturated rings. The number of aliphatic carboxylic acids is 2. The van der Waals surface area contributed by atoms with Gasteiger partial charge < -0.3 is 25.4 Å². The second-order valence-electron chi connectivity index (χ2n) is 5.55. The third-order valence-electron chi connectivity index (χ3n) is 3.54. The molecule has 0 saturated heterocycles. The number of rotatable bonds is 7. The Labute approximate surface area is 161 Å². The van der Waals surface area contributed by atoms with Gasteiger partial charge in [-0.15, -0.1) is 0 Å². The zero-order valence-corrected chi connectivity index (χ0v) is 15.6. The normalized spacial score (nSPS) is 9.79. The van der Waals surface area contributed by atoms with Crippen LogP contribution in [0.4, 0.5) is 5.82 Å². The molecule has 0 aliphatic rings. The van der Waals surface area contributed by atoms with Crippen LogP contribution in [-0.2, 0) is 25.5 Å². The largest absolute Gasteiger partial charge is 0.497 e. The molecule has 5 N–H and O–H groups in total. The first-order chi connectivity index (χ1) is 13.3. The Morgan fingerprint density at radius 3 is 2.25 bits per heavy atom. The van der Waals surface area contributed by atoms with Crippen LogP contribution in [0.25, 0.3) is 11.3 Å². The molecule has 2 rings (SSSR count). The summed E-state index contributed by atoms with van der Waals surface area (Å²) in [7, 11) is 1.61. The molecule has 1 aromatic carbocycles. The van der Waals surface area contributed by atoms with Gasteiger partial charge in [-0.25, -0.2) is 9.59 Å². The van der Waals surface area contributed by atoms with Gasteiger partial charge in [0.25, 0.3) is 0 Å². The van der Waals surface area contributed by atoms with Crippen LogP contribution < -0.4 is 10.5 Å². The minimum absolute atomic E-state index is 0.105. The van der Waals surface area contributed by atoms with E-state index in [1.807, 2.05) is 31.2 Å². The standard InChI is InChI=1S/C16H21N3O3.C2H2O4/c1-3-4-9-22-14(20)10-13-15(18-19-16(13)17)11-5-7-12(21-2)8-6-11;3-1(4)2(5)6/h5-8H,3-4,9-10H2,1-2H3,(H3,17,18,19);(H,3,4)(H,5,6). The van der Waals surface area contributed by atoms with Crippen molar-refractivity contribution in [3.8, 4) is 17.0 Å². The van der Waals surface area contributed by atoms with Crippen LogP contribution in [0.1, 0.15) is 25.3 Å². The Morgan fingerprint density at radius 1 is 1.14 bits per heavy atom. The van der Waals surface area contributed by atoms with E-state index in [9.17, 15) is 4.79 Å². The van der Waals surface area contributed by atoms with E-state index in [2.05, 4.69) is 10.2 Å². The van der Waals surface area contributed by atoms with Gasteiger partial charge in [0.2, 0.25) is 0 Å². The summed E-state index contributed by atoms with van der Waals surface area (Å²) in [6, 6.07) is 7.46. The number of carboxylic acid groups (broad SMARTS) is 2.